The molecule has 0 saturated carbocycles. The Labute approximate surface area is 385 Å². The maximum Gasteiger partial charge on any atom is 0.245 e. The number of anilines is 1. The minimum atomic E-state index is -0.554. The minimum Gasteiger partial charge on any atom is -0.377 e. The summed E-state index contributed by atoms with van der Waals surface area (Å²) >= 11 is 20.0. The van der Waals surface area contributed by atoms with Gasteiger partial charge in [-0.2, -0.15) is 5.10 Å². The first-order valence-electron chi connectivity index (χ1n) is 20.7. The summed E-state index contributed by atoms with van der Waals surface area (Å²) in [5.74, 6) is 1.33. The number of hydrogen-bond donors (Lipinski definition) is 3. The van der Waals surface area contributed by atoms with Crippen LogP contribution in [0.2, 0.25) is 15.1 Å². The van der Waals surface area contributed by atoms with Crippen molar-refractivity contribution in [1.82, 2.24) is 30.7 Å². The van der Waals surface area contributed by atoms with E-state index >= 15 is 0 Å². The standard InChI is InChI=1S/C43H52Cl3N9O7S/c1-26-24-54(32-11-12-33(45)34(46)22-32)53-41(26)50-36(56)6-5-13-47-38(58)25-62-21-20-61-19-18-60-17-16-59-15-14-48-37(57)23-35-42-52-51-29(4)55(42)43-39(27(2)28(3)63-43)40(49-35)30-7-9-31(44)10-8-30/h7-12,22,26,35H,5-6,13-21,23-25H2,1-4H3,(H,47,58)(H,48,57)(H,50,53,56)/t26?,35-/m0/s1. The highest BCUT2D eigenvalue weighted by Crippen LogP contribution is 2.39. The number of amidine groups is 1. The number of aliphatic imine (C=N–C) groups is 1. The predicted octanol–water partition coefficient (Wildman–Crippen LogP) is 6.16. The maximum absolute atomic E-state index is 13.2. The second-order valence-corrected chi connectivity index (χ2v) is 17.4. The van der Waals surface area contributed by atoms with Crippen molar-refractivity contribution in [3.63, 3.8) is 0 Å². The first kappa shape index (κ1) is 48.0. The molecule has 1 unspecified atom stereocenters. The number of benzene rings is 2. The van der Waals surface area contributed by atoms with Gasteiger partial charge >= 0.3 is 0 Å². The van der Waals surface area contributed by atoms with E-state index in [9.17, 15) is 14.4 Å². The number of ether oxygens (including phenoxy) is 4. The van der Waals surface area contributed by atoms with Crippen LogP contribution in [0.4, 0.5) is 5.69 Å². The summed E-state index contributed by atoms with van der Waals surface area (Å²) in [5, 5.41) is 26.2. The van der Waals surface area contributed by atoms with Gasteiger partial charge in [0.1, 0.15) is 29.3 Å². The van der Waals surface area contributed by atoms with Crippen LogP contribution in [0.3, 0.4) is 0 Å². The summed E-state index contributed by atoms with van der Waals surface area (Å²) in [7, 11) is 0. The van der Waals surface area contributed by atoms with Gasteiger partial charge in [0.2, 0.25) is 17.7 Å². The quantitative estimate of drug-likeness (QED) is 0.0772. The van der Waals surface area contributed by atoms with Gasteiger partial charge in [0.15, 0.2) is 5.82 Å². The van der Waals surface area contributed by atoms with E-state index in [0.717, 1.165) is 38.9 Å². The van der Waals surface area contributed by atoms with Gasteiger partial charge in [-0.1, -0.05) is 53.9 Å². The van der Waals surface area contributed by atoms with Crippen LogP contribution in [0.1, 0.15) is 65.4 Å². The molecule has 0 aliphatic carbocycles. The largest absolute Gasteiger partial charge is 0.377 e. The Morgan fingerprint density at radius 2 is 1.49 bits per heavy atom. The average Bonchev–Trinajstić information content (AvgIpc) is 3.89. The molecule has 4 aromatic rings. The number of hydrazone groups is 1. The Hall–Kier alpha value is -4.46. The molecule has 3 amide bonds. The monoisotopic (exact) mass is 943 g/mol. The summed E-state index contributed by atoms with van der Waals surface area (Å²) in [4.78, 5) is 44.1. The van der Waals surface area contributed by atoms with E-state index in [2.05, 4.69) is 45.1 Å². The van der Waals surface area contributed by atoms with E-state index in [4.69, 9.17) is 58.7 Å². The number of fused-ring (bicyclic) bond motifs is 3. The first-order valence-corrected chi connectivity index (χ1v) is 22.7. The molecule has 0 radical (unpaired) electrons. The van der Waals surface area contributed by atoms with E-state index in [1.165, 1.54) is 4.88 Å². The first-order chi connectivity index (χ1) is 30.4. The fraction of sp³-hybridized carbons (Fsp3) is 0.465. The summed E-state index contributed by atoms with van der Waals surface area (Å²) in [6, 6.07) is 12.3. The molecule has 338 valence electrons. The highest BCUT2D eigenvalue weighted by atomic mass is 35.5. The molecular formula is C43H52Cl3N9O7S. The third kappa shape index (κ3) is 13.3. The lowest BCUT2D eigenvalue weighted by molar-refractivity contribution is -0.126. The highest BCUT2D eigenvalue weighted by molar-refractivity contribution is 7.15. The number of halogens is 3. The molecule has 2 aliphatic heterocycles. The fourth-order valence-electron chi connectivity index (χ4n) is 6.77. The number of hydrogen-bond acceptors (Lipinski definition) is 13. The molecule has 0 bridgehead atoms. The van der Waals surface area contributed by atoms with Crippen LogP contribution < -0.4 is 21.0 Å². The third-order valence-electron chi connectivity index (χ3n) is 10.2. The zero-order chi connectivity index (χ0) is 44.9. The molecule has 2 aromatic heterocycles. The minimum absolute atomic E-state index is 0.0230. The fourth-order valence-corrected chi connectivity index (χ4v) is 8.41. The van der Waals surface area contributed by atoms with Gasteiger partial charge in [-0.15, -0.1) is 21.5 Å². The zero-order valence-corrected chi connectivity index (χ0v) is 38.8. The lowest BCUT2D eigenvalue weighted by Gasteiger charge is -2.14. The highest BCUT2D eigenvalue weighted by Gasteiger charge is 2.32. The van der Waals surface area contributed by atoms with Gasteiger partial charge in [-0.25, -0.2) is 0 Å². The summed E-state index contributed by atoms with van der Waals surface area (Å²) in [6.45, 7) is 11.5. The topological polar surface area (TPSA) is 183 Å². The zero-order valence-electron chi connectivity index (χ0n) is 35.7. The molecule has 6 rings (SSSR count). The lowest BCUT2D eigenvalue weighted by atomic mass is 9.99. The predicted molar refractivity (Wildman–Crippen MR) is 245 cm³/mol. The van der Waals surface area contributed by atoms with Crippen molar-refractivity contribution >= 4 is 81.1 Å². The number of rotatable bonds is 22. The van der Waals surface area contributed by atoms with Crippen molar-refractivity contribution in [2.75, 3.05) is 77.5 Å². The number of aromatic nitrogens is 3. The average molecular weight is 945 g/mol. The number of amides is 3. The molecule has 3 N–H and O–H groups in total. The number of carbonyl (C=O) groups is 3. The van der Waals surface area contributed by atoms with Crippen LogP contribution in [-0.2, 0) is 33.3 Å². The number of carbonyl (C=O) groups excluding carboxylic acids is 3. The van der Waals surface area contributed by atoms with Crippen LogP contribution in [0.25, 0.3) is 5.00 Å². The van der Waals surface area contributed by atoms with Crippen molar-refractivity contribution < 1.29 is 33.3 Å². The smallest absolute Gasteiger partial charge is 0.245 e. The second-order valence-electron chi connectivity index (χ2n) is 14.9. The van der Waals surface area contributed by atoms with Gasteiger partial charge in [0.25, 0.3) is 0 Å². The van der Waals surface area contributed by atoms with Crippen molar-refractivity contribution in [2.45, 2.75) is 53.0 Å². The Morgan fingerprint density at radius 3 is 2.21 bits per heavy atom. The summed E-state index contributed by atoms with van der Waals surface area (Å²) in [5.41, 5.74) is 4.63. The lowest BCUT2D eigenvalue weighted by Crippen LogP contribution is -2.34. The second kappa shape index (κ2) is 23.5. The summed E-state index contributed by atoms with van der Waals surface area (Å²) in [6.07, 6.45) is 0.786. The molecule has 0 fully saturated rings. The maximum atomic E-state index is 13.2. The Bertz CT molecular complexity index is 2290. The molecule has 2 aliphatic rings. The Kier molecular flexibility index (Phi) is 17.9. The van der Waals surface area contributed by atoms with E-state index in [0.29, 0.717) is 92.4 Å². The van der Waals surface area contributed by atoms with Crippen molar-refractivity contribution in [1.29, 1.82) is 0 Å². The normalized spacial score (nSPS) is 15.6. The van der Waals surface area contributed by atoms with Gasteiger partial charge in [0.05, 0.1) is 80.7 Å². The molecule has 16 nitrogen and oxygen atoms in total. The van der Waals surface area contributed by atoms with Gasteiger partial charge in [-0.3, -0.25) is 29.0 Å². The molecule has 2 atom stereocenters. The number of nitrogens with zero attached hydrogens (tertiary/aromatic N) is 6. The van der Waals surface area contributed by atoms with Gasteiger partial charge in [0, 0.05) is 46.5 Å². The van der Waals surface area contributed by atoms with E-state index in [1.54, 1.807) is 28.5 Å². The van der Waals surface area contributed by atoms with Crippen LogP contribution in [0.15, 0.2) is 52.6 Å². The third-order valence-corrected chi connectivity index (χ3v) is 12.4. The van der Waals surface area contributed by atoms with Crippen LogP contribution in [0.5, 0.6) is 0 Å². The van der Waals surface area contributed by atoms with Crippen LogP contribution >= 0.6 is 46.1 Å². The van der Waals surface area contributed by atoms with Crippen LogP contribution in [0, 0.1) is 26.7 Å². The SMILES string of the molecule is Cc1sc2c(c1C)C(c1ccc(Cl)cc1)=N[C@@H](CC(=O)NCCOCCOCCOCCOCC(=O)NCCCC(=O)NC1=NN(c3ccc(Cl)c(Cl)c3)CC1C)c1nnc(C)n1-2. The molecule has 2 aromatic carbocycles. The molecule has 0 saturated heterocycles. The van der Waals surface area contributed by atoms with Crippen molar-refractivity contribution in [3.8, 4) is 5.00 Å². The van der Waals surface area contributed by atoms with E-state index in [1.807, 2.05) is 48.7 Å². The molecule has 20 heteroatoms. The van der Waals surface area contributed by atoms with E-state index in [-0.39, 0.29) is 49.7 Å². The van der Waals surface area contributed by atoms with Crippen molar-refractivity contribution in [3.05, 3.63) is 90.7 Å². The van der Waals surface area contributed by atoms with Crippen molar-refractivity contribution in [2.24, 2.45) is 16.0 Å². The Balaban J connectivity index is 0.773. The number of aryl methyl sites for hydroxylation is 2. The molecular weight excluding hydrogens is 893 g/mol. The van der Waals surface area contributed by atoms with E-state index < -0.39 is 6.04 Å². The van der Waals surface area contributed by atoms with Crippen LogP contribution in [-0.4, -0.2) is 117 Å². The number of thiophene rings is 1. The number of nitrogens with one attached hydrogen (secondary N) is 3. The molecule has 0 spiro atoms. The summed E-state index contributed by atoms with van der Waals surface area (Å²) < 4.78 is 24.1. The Morgan fingerprint density at radius 1 is 0.810 bits per heavy atom. The molecule has 4 heterocycles. The van der Waals surface area contributed by atoms with Gasteiger partial charge < -0.3 is 34.9 Å². The van der Waals surface area contributed by atoms with Gasteiger partial charge in [-0.05, 0) is 63.1 Å². The molecule has 63 heavy (non-hydrogen) atoms.